The topological polar surface area (TPSA) is 94.9 Å². The van der Waals surface area contributed by atoms with Crippen LogP contribution in [0.2, 0.25) is 0 Å². The fourth-order valence-electron chi connectivity index (χ4n) is 2.04. The van der Waals surface area contributed by atoms with Crippen molar-refractivity contribution in [3.8, 4) is 11.4 Å². The van der Waals surface area contributed by atoms with Crippen LogP contribution in [0, 0.1) is 0 Å². The van der Waals surface area contributed by atoms with Crippen molar-refractivity contribution in [2.75, 3.05) is 12.0 Å². The lowest BCUT2D eigenvalue weighted by Gasteiger charge is -2.04. The Hall–Kier alpha value is -2.12. The van der Waals surface area contributed by atoms with Crippen LogP contribution in [-0.2, 0) is 0 Å². The van der Waals surface area contributed by atoms with Crippen LogP contribution in [0.1, 0.15) is 9.67 Å². The molecule has 0 bridgehead atoms. The van der Waals surface area contributed by atoms with Gasteiger partial charge in [0.05, 0.1) is 11.1 Å². The van der Waals surface area contributed by atoms with Crippen molar-refractivity contribution in [1.82, 2.24) is 9.97 Å². The number of hydrogen-bond acceptors (Lipinski definition) is 6. The van der Waals surface area contributed by atoms with E-state index >= 15 is 0 Å². The monoisotopic (exact) mass is 316 g/mol. The molecule has 0 unspecified atom stereocenters. The van der Waals surface area contributed by atoms with Gasteiger partial charge in [-0.1, -0.05) is 30.3 Å². The van der Waals surface area contributed by atoms with Crippen molar-refractivity contribution >= 4 is 44.9 Å². The van der Waals surface area contributed by atoms with E-state index < -0.39 is 5.91 Å². The Labute approximate surface area is 129 Å². The molecule has 0 atom stereocenters. The number of carbonyl (C=O) groups excluding carboxylic acids is 1. The summed E-state index contributed by atoms with van der Waals surface area (Å²) in [4.78, 5) is 21.5. The first-order valence-electron chi connectivity index (χ1n) is 6.11. The second kappa shape index (κ2) is 5.34. The van der Waals surface area contributed by atoms with Crippen LogP contribution in [0.4, 0.5) is 5.69 Å². The van der Waals surface area contributed by atoms with Crippen molar-refractivity contribution < 1.29 is 4.79 Å². The summed E-state index contributed by atoms with van der Waals surface area (Å²) in [5.74, 6) is 0.0773. The van der Waals surface area contributed by atoms with Crippen molar-refractivity contribution in [3.05, 3.63) is 35.2 Å². The van der Waals surface area contributed by atoms with Crippen molar-refractivity contribution in [1.29, 1.82) is 0 Å². The molecule has 21 heavy (non-hydrogen) atoms. The van der Waals surface area contributed by atoms with Crippen molar-refractivity contribution in [3.63, 3.8) is 0 Å². The molecular weight excluding hydrogens is 304 g/mol. The molecule has 0 aliphatic carbocycles. The predicted molar refractivity (Wildman–Crippen MR) is 87.6 cm³/mol. The number of thioether (sulfide) groups is 1. The smallest absolute Gasteiger partial charge is 0.260 e. The number of primary amides is 1. The Kier molecular flexibility index (Phi) is 3.52. The van der Waals surface area contributed by atoms with Crippen molar-refractivity contribution in [2.24, 2.45) is 5.73 Å². The third kappa shape index (κ3) is 2.34. The summed E-state index contributed by atoms with van der Waals surface area (Å²) in [6, 6.07) is 9.68. The average Bonchev–Trinajstić information content (AvgIpc) is 2.85. The van der Waals surface area contributed by atoms with Crippen LogP contribution in [0.3, 0.4) is 0 Å². The summed E-state index contributed by atoms with van der Waals surface area (Å²) >= 11 is 2.68. The molecule has 0 fully saturated rings. The molecule has 0 radical (unpaired) electrons. The van der Waals surface area contributed by atoms with E-state index in [0.29, 0.717) is 26.6 Å². The molecule has 2 aromatic heterocycles. The van der Waals surface area contributed by atoms with E-state index in [-0.39, 0.29) is 0 Å². The Bertz CT molecular complexity index is 830. The van der Waals surface area contributed by atoms with Gasteiger partial charge in [0, 0.05) is 5.56 Å². The molecule has 1 aromatic carbocycles. The van der Waals surface area contributed by atoms with Crippen LogP contribution >= 0.6 is 23.1 Å². The van der Waals surface area contributed by atoms with Gasteiger partial charge in [0.2, 0.25) is 0 Å². The summed E-state index contributed by atoms with van der Waals surface area (Å²) in [5, 5.41) is 1.46. The number of nitrogen functional groups attached to an aromatic ring is 1. The number of aromatic nitrogens is 2. The van der Waals surface area contributed by atoms with Crippen LogP contribution < -0.4 is 11.5 Å². The summed E-state index contributed by atoms with van der Waals surface area (Å²) < 4.78 is 0. The maximum Gasteiger partial charge on any atom is 0.260 e. The van der Waals surface area contributed by atoms with E-state index in [2.05, 4.69) is 9.97 Å². The summed E-state index contributed by atoms with van der Waals surface area (Å²) in [7, 11) is 0. The molecule has 4 N–H and O–H groups in total. The normalized spacial score (nSPS) is 10.9. The van der Waals surface area contributed by atoms with E-state index in [1.165, 1.54) is 23.1 Å². The zero-order chi connectivity index (χ0) is 15.0. The van der Waals surface area contributed by atoms with Crippen LogP contribution in [0.5, 0.6) is 0 Å². The molecule has 0 aliphatic rings. The molecule has 3 aromatic rings. The van der Waals surface area contributed by atoms with Gasteiger partial charge in [-0.25, -0.2) is 9.97 Å². The standard InChI is InChI=1S/C14H12N4OS2/c1-20-13-8-9(15)10(11(16)19)21-14(8)18-12(17-13)7-5-3-2-4-6-7/h2-6H,15H2,1H3,(H2,16,19). The van der Waals surface area contributed by atoms with Gasteiger partial charge in [0.15, 0.2) is 5.82 Å². The fraction of sp³-hybridized carbons (Fsp3) is 0.0714. The van der Waals surface area contributed by atoms with Gasteiger partial charge in [-0.3, -0.25) is 4.79 Å². The maximum atomic E-state index is 11.4. The lowest BCUT2D eigenvalue weighted by atomic mass is 10.2. The number of nitrogens with two attached hydrogens (primary N) is 2. The summed E-state index contributed by atoms with van der Waals surface area (Å²) in [6.07, 6.45) is 1.91. The van der Waals surface area contributed by atoms with E-state index in [9.17, 15) is 4.79 Å². The second-order valence-electron chi connectivity index (χ2n) is 4.31. The van der Waals surface area contributed by atoms with Gasteiger partial charge < -0.3 is 11.5 Å². The molecule has 2 heterocycles. The highest BCUT2D eigenvalue weighted by molar-refractivity contribution is 7.98. The molecule has 0 spiro atoms. The van der Waals surface area contributed by atoms with Crippen LogP contribution in [0.25, 0.3) is 21.6 Å². The van der Waals surface area contributed by atoms with E-state index in [4.69, 9.17) is 11.5 Å². The molecule has 1 amide bonds. The number of anilines is 1. The van der Waals surface area contributed by atoms with Gasteiger partial charge >= 0.3 is 0 Å². The molecule has 0 saturated carbocycles. The Morgan fingerprint density at radius 3 is 2.57 bits per heavy atom. The quantitative estimate of drug-likeness (QED) is 0.572. The lowest BCUT2D eigenvalue weighted by Crippen LogP contribution is -2.10. The SMILES string of the molecule is CSc1nc(-c2ccccc2)nc2sc(C(N)=O)c(N)c12. The minimum absolute atomic E-state index is 0.333. The zero-order valence-corrected chi connectivity index (χ0v) is 12.8. The number of fused-ring (bicyclic) bond motifs is 1. The van der Waals surface area contributed by atoms with Crippen LogP contribution in [0.15, 0.2) is 35.4 Å². The van der Waals surface area contributed by atoms with Gasteiger partial charge in [0.1, 0.15) is 14.7 Å². The largest absolute Gasteiger partial charge is 0.397 e. The third-order valence-corrected chi connectivity index (χ3v) is 4.80. The van der Waals surface area contributed by atoms with Gasteiger partial charge in [-0.15, -0.1) is 23.1 Å². The Morgan fingerprint density at radius 1 is 1.24 bits per heavy atom. The van der Waals surface area contributed by atoms with E-state index in [1.54, 1.807) is 0 Å². The number of nitrogens with zero attached hydrogens (tertiary/aromatic N) is 2. The number of rotatable bonds is 3. The molecule has 7 heteroatoms. The van der Waals surface area contributed by atoms with E-state index in [1.807, 2.05) is 36.6 Å². The predicted octanol–water partition coefficient (Wildman–Crippen LogP) is 2.76. The lowest BCUT2D eigenvalue weighted by molar-refractivity contribution is 0.100. The summed E-state index contributed by atoms with van der Waals surface area (Å²) in [5.41, 5.74) is 12.7. The Balaban J connectivity index is 2.30. The first-order chi connectivity index (χ1) is 10.1. The first kappa shape index (κ1) is 13.8. The molecule has 0 aliphatic heterocycles. The minimum Gasteiger partial charge on any atom is -0.397 e. The Morgan fingerprint density at radius 2 is 1.95 bits per heavy atom. The molecular formula is C14H12N4OS2. The first-order valence-corrected chi connectivity index (χ1v) is 8.15. The third-order valence-electron chi connectivity index (χ3n) is 3.00. The number of carbonyl (C=O) groups is 1. The highest BCUT2D eigenvalue weighted by Gasteiger charge is 2.19. The molecule has 0 saturated heterocycles. The second-order valence-corrected chi connectivity index (χ2v) is 6.11. The van der Waals surface area contributed by atoms with Crippen molar-refractivity contribution in [2.45, 2.75) is 5.03 Å². The zero-order valence-electron chi connectivity index (χ0n) is 11.2. The van der Waals surface area contributed by atoms with Crippen LogP contribution in [-0.4, -0.2) is 22.1 Å². The highest BCUT2D eigenvalue weighted by atomic mass is 32.2. The molecule has 5 nitrogen and oxygen atoms in total. The number of thiophene rings is 1. The number of amides is 1. The number of benzene rings is 1. The average molecular weight is 316 g/mol. The maximum absolute atomic E-state index is 11.4. The highest BCUT2D eigenvalue weighted by Crippen LogP contribution is 2.38. The van der Waals surface area contributed by atoms with E-state index in [0.717, 1.165) is 10.6 Å². The van der Waals surface area contributed by atoms with Gasteiger partial charge in [-0.2, -0.15) is 0 Å². The summed E-state index contributed by atoms with van der Waals surface area (Å²) in [6.45, 7) is 0. The van der Waals surface area contributed by atoms with Gasteiger partial charge in [0.25, 0.3) is 5.91 Å². The van der Waals surface area contributed by atoms with Gasteiger partial charge in [-0.05, 0) is 6.26 Å². The number of hydrogen-bond donors (Lipinski definition) is 2. The minimum atomic E-state index is -0.538. The molecule has 106 valence electrons. The molecule has 3 rings (SSSR count). The fourth-order valence-corrected chi connectivity index (χ4v) is 3.64.